The van der Waals surface area contributed by atoms with Crippen LogP contribution >= 0.6 is 47.8 Å². The van der Waals surface area contributed by atoms with Gasteiger partial charge in [0.2, 0.25) is 0 Å². The molecule has 0 bridgehead atoms. The Morgan fingerprint density at radius 3 is 2.39 bits per heavy atom. The smallest absolute Gasteiger partial charge is 0.270 e. The normalized spacial score (nSPS) is 10.6. The second-order valence-electron chi connectivity index (χ2n) is 3.54. The number of hydrogen-bond donors (Lipinski definition) is 1. The van der Waals surface area contributed by atoms with E-state index >= 15 is 0 Å². The van der Waals surface area contributed by atoms with Gasteiger partial charge in [-0.3, -0.25) is 4.79 Å². The van der Waals surface area contributed by atoms with Crippen molar-refractivity contribution in [2.75, 3.05) is 0 Å². The van der Waals surface area contributed by atoms with Crippen LogP contribution in [0.25, 0.3) is 0 Å². The van der Waals surface area contributed by atoms with Crippen molar-refractivity contribution >= 4 is 53.7 Å². The van der Waals surface area contributed by atoms with Crippen molar-refractivity contribution in [1.82, 2.24) is 15.0 Å². The third kappa shape index (κ3) is 2.99. The van der Waals surface area contributed by atoms with Gasteiger partial charge in [0.25, 0.3) is 5.91 Å². The van der Waals surface area contributed by atoms with E-state index in [9.17, 15) is 4.79 Å². The fraction of sp³-hybridized carbons (Fsp3) is 0.100. The number of nitrogens with zero attached hydrogens (tertiary/aromatic N) is 3. The first kappa shape index (κ1) is 13.7. The molecule has 1 heterocycles. The number of amides is 1. The molecule has 18 heavy (non-hydrogen) atoms. The minimum Gasteiger partial charge on any atom is -0.364 e. The summed E-state index contributed by atoms with van der Waals surface area (Å²) in [5.41, 5.74) is 6.28. The third-order valence-electron chi connectivity index (χ3n) is 2.18. The van der Waals surface area contributed by atoms with Gasteiger partial charge in [0.1, 0.15) is 0 Å². The van der Waals surface area contributed by atoms with Gasteiger partial charge in [0, 0.05) is 13.4 Å². The second-order valence-corrected chi connectivity index (χ2v) is 6.04. The number of hydrogen-bond acceptors (Lipinski definition) is 3. The van der Waals surface area contributed by atoms with Gasteiger partial charge in [-0.25, -0.2) is 4.68 Å². The number of nitrogens with two attached hydrogens (primary N) is 1. The lowest BCUT2D eigenvalue weighted by Gasteiger charge is -2.05. The topological polar surface area (TPSA) is 73.8 Å². The molecule has 0 atom stereocenters. The van der Waals surface area contributed by atoms with Crippen molar-refractivity contribution in [3.63, 3.8) is 0 Å². The van der Waals surface area contributed by atoms with E-state index in [1.807, 2.05) is 12.1 Å². The molecular formula is C10H7Br3N4O. The maximum absolute atomic E-state index is 10.9. The summed E-state index contributed by atoms with van der Waals surface area (Å²) < 4.78 is 4.37. The third-order valence-corrected chi connectivity index (χ3v) is 5.35. The van der Waals surface area contributed by atoms with Crippen molar-refractivity contribution in [3.05, 3.63) is 43.0 Å². The van der Waals surface area contributed by atoms with Crippen LogP contribution in [0.3, 0.4) is 0 Å². The second kappa shape index (κ2) is 5.50. The van der Waals surface area contributed by atoms with Crippen LogP contribution in [0, 0.1) is 0 Å². The van der Waals surface area contributed by atoms with E-state index in [4.69, 9.17) is 5.73 Å². The summed E-state index contributed by atoms with van der Waals surface area (Å²) in [6.07, 6.45) is 1.52. The number of aromatic nitrogens is 3. The molecule has 5 nitrogen and oxygen atoms in total. The lowest BCUT2D eigenvalue weighted by Crippen LogP contribution is -2.11. The molecule has 8 heteroatoms. The van der Waals surface area contributed by atoms with Crippen LogP contribution in [-0.2, 0) is 6.54 Å². The van der Waals surface area contributed by atoms with Crippen LogP contribution in [0.1, 0.15) is 16.1 Å². The van der Waals surface area contributed by atoms with E-state index in [-0.39, 0.29) is 5.69 Å². The van der Waals surface area contributed by atoms with Crippen LogP contribution in [0.4, 0.5) is 0 Å². The first-order valence-electron chi connectivity index (χ1n) is 4.80. The van der Waals surface area contributed by atoms with Crippen molar-refractivity contribution < 1.29 is 4.79 Å². The monoisotopic (exact) mass is 436 g/mol. The van der Waals surface area contributed by atoms with E-state index in [0.717, 1.165) is 19.0 Å². The molecule has 0 saturated heterocycles. The van der Waals surface area contributed by atoms with E-state index in [1.54, 1.807) is 4.68 Å². The van der Waals surface area contributed by atoms with E-state index in [2.05, 4.69) is 58.1 Å². The van der Waals surface area contributed by atoms with E-state index in [1.165, 1.54) is 6.20 Å². The number of benzene rings is 1. The molecule has 94 valence electrons. The lowest BCUT2D eigenvalue weighted by molar-refractivity contribution is 0.0995. The fourth-order valence-corrected chi connectivity index (χ4v) is 2.89. The maximum atomic E-state index is 10.9. The summed E-state index contributed by atoms with van der Waals surface area (Å²) in [5, 5.41) is 7.52. The van der Waals surface area contributed by atoms with E-state index in [0.29, 0.717) is 6.54 Å². The number of halogens is 3. The Hall–Kier alpha value is -0.730. The molecule has 2 N–H and O–H groups in total. The number of carbonyl (C=O) groups is 1. The zero-order valence-electron chi connectivity index (χ0n) is 8.90. The SMILES string of the molecule is NC(=O)c1cn(Cc2cc(Br)c(Br)c(Br)c2)nn1. The summed E-state index contributed by atoms with van der Waals surface area (Å²) in [6.45, 7) is 0.505. The summed E-state index contributed by atoms with van der Waals surface area (Å²) in [7, 11) is 0. The highest BCUT2D eigenvalue weighted by molar-refractivity contribution is 9.14. The highest BCUT2D eigenvalue weighted by Crippen LogP contribution is 2.32. The average molecular weight is 439 g/mol. The minimum atomic E-state index is -0.584. The Morgan fingerprint density at radius 1 is 1.28 bits per heavy atom. The molecule has 0 unspecified atom stereocenters. The summed E-state index contributed by atoms with van der Waals surface area (Å²) in [6, 6.07) is 3.92. The Bertz CT molecular complexity index is 588. The van der Waals surface area contributed by atoms with Crippen molar-refractivity contribution in [1.29, 1.82) is 0 Å². The number of primary amides is 1. The molecule has 0 saturated carbocycles. The van der Waals surface area contributed by atoms with Gasteiger partial charge in [-0.2, -0.15) is 0 Å². The zero-order chi connectivity index (χ0) is 13.3. The van der Waals surface area contributed by atoms with Gasteiger partial charge in [-0.15, -0.1) is 5.10 Å². The maximum Gasteiger partial charge on any atom is 0.270 e. The highest BCUT2D eigenvalue weighted by Gasteiger charge is 2.08. The molecule has 0 spiro atoms. The predicted octanol–water partition coefficient (Wildman–Crippen LogP) is 2.71. The molecule has 0 radical (unpaired) electrons. The van der Waals surface area contributed by atoms with Crippen LogP contribution in [0.5, 0.6) is 0 Å². The Kier molecular flexibility index (Phi) is 4.18. The van der Waals surface area contributed by atoms with Gasteiger partial charge < -0.3 is 5.73 Å². The van der Waals surface area contributed by atoms with Gasteiger partial charge in [0.15, 0.2) is 5.69 Å². The molecule has 0 aliphatic heterocycles. The Balaban J connectivity index is 2.25. The molecule has 0 aliphatic carbocycles. The van der Waals surface area contributed by atoms with Crippen LogP contribution in [0.15, 0.2) is 31.7 Å². The number of rotatable bonds is 3. The predicted molar refractivity (Wildman–Crippen MR) is 77.2 cm³/mol. The van der Waals surface area contributed by atoms with Gasteiger partial charge >= 0.3 is 0 Å². The van der Waals surface area contributed by atoms with Crippen LogP contribution in [-0.4, -0.2) is 20.9 Å². The van der Waals surface area contributed by atoms with Gasteiger partial charge in [-0.05, 0) is 65.5 Å². The van der Waals surface area contributed by atoms with Crippen LogP contribution in [0.2, 0.25) is 0 Å². The molecule has 1 amide bonds. The van der Waals surface area contributed by atoms with E-state index < -0.39 is 5.91 Å². The quantitative estimate of drug-likeness (QED) is 0.749. The molecule has 1 aromatic carbocycles. The van der Waals surface area contributed by atoms with Crippen molar-refractivity contribution in [2.24, 2.45) is 5.73 Å². The zero-order valence-corrected chi connectivity index (χ0v) is 13.7. The van der Waals surface area contributed by atoms with Gasteiger partial charge in [0.05, 0.1) is 12.7 Å². The molecule has 0 aliphatic rings. The minimum absolute atomic E-state index is 0.158. The Labute approximate surface area is 128 Å². The largest absolute Gasteiger partial charge is 0.364 e. The molecule has 2 rings (SSSR count). The molecule has 0 fully saturated rings. The highest BCUT2D eigenvalue weighted by atomic mass is 79.9. The van der Waals surface area contributed by atoms with Gasteiger partial charge in [-0.1, -0.05) is 5.21 Å². The molecule has 1 aromatic heterocycles. The average Bonchev–Trinajstić information content (AvgIpc) is 2.74. The summed E-state index contributed by atoms with van der Waals surface area (Å²) in [4.78, 5) is 10.9. The fourth-order valence-electron chi connectivity index (χ4n) is 1.37. The van der Waals surface area contributed by atoms with Crippen LogP contribution < -0.4 is 5.73 Å². The standard InChI is InChI=1S/C10H7Br3N4O/c11-6-1-5(2-7(12)9(6)13)3-17-4-8(10(14)18)15-16-17/h1-2,4H,3H2,(H2,14,18). The lowest BCUT2D eigenvalue weighted by atomic mass is 10.2. The summed E-state index contributed by atoms with van der Waals surface area (Å²) in [5.74, 6) is -0.584. The first-order valence-corrected chi connectivity index (χ1v) is 7.18. The van der Waals surface area contributed by atoms with Crippen molar-refractivity contribution in [3.8, 4) is 0 Å². The molecule has 2 aromatic rings. The number of carbonyl (C=O) groups excluding carboxylic acids is 1. The first-order chi connectivity index (χ1) is 8.47. The summed E-state index contributed by atoms with van der Waals surface area (Å²) >= 11 is 10.3. The molecular weight excluding hydrogens is 432 g/mol. The Morgan fingerprint density at radius 2 is 1.89 bits per heavy atom. The van der Waals surface area contributed by atoms with Crippen molar-refractivity contribution in [2.45, 2.75) is 6.54 Å².